The number of benzene rings is 1. The summed E-state index contributed by atoms with van der Waals surface area (Å²) in [5.74, 6) is -2.88. The zero-order chi connectivity index (χ0) is 13.2. The van der Waals surface area contributed by atoms with Gasteiger partial charge in [0.2, 0.25) is 0 Å². The van der Waals surface area contributed by atoms with Gasteiger partial charge in [0, 0.05) is 16.5 Å². The first-order chi connectivity index (χ1) is 7.88. The molecule has 17 heavy (non-hydrogen) atoms. The van der Waals surface area contributed by atoms with Crippen molar-refractivity contribution >= 4 is 21.9 Å². The molecule has 0 fully saturated rings. The van der Waals surface area contributed by atoms with Crippen LogP contribution in [0.4, 0.5) is 4.39 Å². The molecule has 0 amide bonds. The Morgan fingerprint density at radius 3 is 2.76 bits per heavy atom. The Balaban J connectivity index is 3.17. The monoisotopic (exact) mass is 307 g/mol. The molecule has 1 aromatic carbocycles. The number of methoxy groups -OCH3 is 1. The molecule has 94 valence electrons. The van der Waals surface area contributed by atoms with E-state index in [1.807, 2.05) is 0 Å². The number of phenols is 1. The normalized spacial score (nSPS) is 12.2. The summed E-state index contributed by atoms with van der Waals surface area (Å²) < 4.78 is 18.8. The van der Waals surface area contributed by atoms with Gasteiger partial charge in [-0.3, -0.25) is 4.79 Å². The third kappa shape index (κ3) is 2.86. The second-order valence-electron chi connectivity index (χ2n) is 3.35. The number of hydrogen-bond donors (Lipinski definition) is 3. The quantitative estimate of drug-likeness (QED) is 0.778. The summed E-state index contributed by atoms with van der Waals surface area (Å²) in [6.07, 6.45) is -0.237. The lowest BCUT2D eigenvalue weighted by atomic mass is 10.1. The van der Waals surface area contributed by atoms with Crippen LogP contribution in [-0.4, -0.2) is 29.3 Å². The van der Waals surface area contributed by atoms with Crippen molar-refractivity contribution in [3.8, 4) is 11.5 Å². The Hall–Kier alpha value is -1.34. The van der Waals surface area contributed by atoms with E-state index in [0.717, 1.165) is 0 Å². The minimum atomic E-state index is -1.24. The zero-order valence-electron chi connectivity index (χ0n) is 8.91. The summed E-state index contributed by atoms with van der Waals surface area (Å²) in [7, 11) is 1.28. The molecule has 1 atom stereocenters. The molecule has 0 radical (unpaired) electrons. The maximum absolute atomic E-state index is 13.7. The fraction of sp³-hybridized carbons (Fsp3) is 0.300. The van der Waals surface area contributed by atoms with Crippen LogP contribution in [0.1, 0.15) is 5.56 Å². The molecule has 0 aliphatic heterocycles. The van der Waals surface area contributed by atoms with Crippen molar-refractivity contribution in [3.63, 3.8) is 0 Å². The van der Waals surface area contributed by atoms with Crippen LogP contribution < -0.4 is 10.5 Å². The van der Waals surface area contributed by atoms with E-state index in [0.29, 0.717) is 4.47 Å². The van der Waals surface area contributed by atoms with Crippen LogP contribution in [0.25, 0.3) is 0 Å². The summed E-state index contributed by atoms with van der Waals surface area (Å²) >= 11 is 3.07. The molecule has 0 aliphatic carbocycles. The molecule has 1 aromatic rings. The third-order valence-electron chi connectivity index (χ3n) is 2.21. The van der Waals surface area contributed by atoms with Crippen LogP contribution in [0.2, 0.25) is 0 Å². The maximum atomic E-state index is 13.7. The largest absolute Gasteiger partial charge is 0.502 e. The second kappa shape index (κ2) is 5.33. The number of carbonyl (C=O) groups is 1. The van der Waals surface area contributed by atoms with E-state index in [2.05, 4.69) is 15.9 Å². The van der Waals surface area contributed by atoms with E-state index in [9.17, 15) is 14.3 Å². The van der Waals surface area contributed by atoms with Crippen molar-refractivity contribution in [1.82, 2.24) is 0 Å². The van der Waals surface area contributed by atoms with Crippen LogP contribution in [-0.2, 0) is 11.2 Å². The second-order valence-corrected chi connectivity index (χ2v) is 4.20. The lowest BCUT2D eigenvalue weighted by Gasteiger charge is -2.13. The highest BCUT2D eigenvalue weighted by Gasteiger charge is 2.21. The first kappa shape index (κ1) is 13.7. The summed E-state index contributed by atoms with van der Waals surface area (Å²) in [4.78, 5) is 10.6. The van der Waals surface area contributed by atoms with E-state index in [-0.39, 0.29) is 17.7 Å². The predicted molar refractivity (Wildman–Crippen MR) is 61.6 cm³/mol. The van der Waals surface area contributed by atoms with Crippen LogP contribution in [0.15, 0.2) is 10.5 Å². The van der Waals surface area contributed by atoms with Gasteiger partial charge in [-0.25, -0.2) is 4.39 Å². The van der Waals surface area contributed by atoms with Gasteiger partial charge in [-0.15, -0.1) is 0 Å². The minimum Gasteiger partial charge on any atom is -0.502 e. The molecule has 4 N–H and O–H groups in total. The molecule has 0 spiro atoms. The molecule has 1 unspecified atom stereocenters. The average molecular weight is 308 g/mol. The number of carboxylic acid groups (broad SMARTS) is 1. The number of carboxylic acids is 1. The topological polar surface area (TPSA) is 92.8 Å². The number of phenolic OH excluding ortho intramolecular Hbond substituents is 1. The predicted octanol–water partition coefficient (Wildman–Crippen LogP) is 1.26. The van der Waals surface area contributed by atoms with E-state index in [4.69, 9.17) is 15.6 Å². The summed E-state index contributed by atoms with van der Waals surface area (Å²) in [5.41, 5.74) is 5.31. The highest BCUT2D eigenvalue weighted by atomic mass is 79.9. The highest BCUT2D eigenvalue weighted by Crippen LogP contribution is 2.36. The number of rotatable bonds is 4. The van der Waals surface area contributed by atoms with Gasteiger partial charge in [0.05, 0.1) is 7.11 Å². The Morgan fingerprint density at radius 1 is 1.71 bits per heavy atom. The van der Waals surface area contributed by atoms with Crippen LogP contribution >= 0.6 is 15.9 Å². The molecule has 1 rings (SSSR count). The number of hydrogen-bond acceptors (Lipinski definition) is 4. The lowest BCUT2D eigenvalue weighted by Crippen LogP contribution is -2.32. The average Bonchev–Trinajstić information content (AvgIpc) is 2.28. The molecule has 7 heteroatoms. The lowest BCUT2D eigenvalue weighted by molar-refractivity contribution is -0.138. The van der Waals surface area contributed by atoms with Gasteiger partial charge < -0.3 is 20.7 Å². The van der Waals surface area contributed by atoms with Crippen molar-refractivity contribution in [3.05, 3.63) is 21.9 Å². The van der Waals surface area contributed by atoms with Gasteiger partial charge in [0.25, 0.3) is 0 Å². The van der Waals surface area contributed by atoms with Gasteiger partial charge >= 0.3 is 5.97 Å². The number of nitrogens with two attached hydrogens (primary N) is 1. The van der Waals surface area contributed by atoms with Gasteiger partial charge in [0.1, 0.15) is 6.04 Å². The van der Waals surface area contributed by atoms with Crippen LogP contribution in [0.3, 0.4) is 0 Å². The van der Waals surface area contributed by atoms with Gasteiger partial charge in [0.15, 0.2) is 17.3 Å². The van der Waals surface area contributed by atoms with E-state index >= 15 is 0 Å². The number of aromatic hydroxyl groups is 1. The van der Waals surface area contributed by atoms with Crippen molar-refractivity contribution in [2.45, 2.75) is 12.5 Å². The molecule has 0 aliphatic rings. The highest BCUT2D eigenvalue weighted by molar-refractivity contribution is 9.10. The summed E-state index contributed by atoms with van der Waals surface area (Å²) in [6.45, 7) is 0. The fourth-order valence-electron chi connectivity index (χ4n) is 1.28. The molecular weight excluding hydrogens is 297 g/mol. The minimum absolute atomic E-state index is 0.00167. The number of halogens is 2. The smallest absolute Gasteiger partial charge is 0.320 e. The standard InChI is InChI=1S/C10H11BrFNO4/c1-17-7-3-5(11)4(8(12)9(7)14)2-6(13)10(15)16/h3,6,14H,2,13H2,1H3,(H,15,16). The van der Waals surface area contributed by atoms with E-state index in [1.54, 1.807) is 0 Å². The summed E-state index contributed by atoms with van der Waals surface area (Å²) in [5, 5.41) is 18.1. The third-order valence-corrected chi connectivity index (χ3v) is 2.92. The Morgan fingerprint density at radius 2 is 2.29 bits per heavy atom. The Labute approximate surface area is 105 Å². The van der Waals surface area contributed by atoms with Crippen LogP contribution in [0.5, 0.6) is 11.5 Å². The molecule has 0 saturated carbocycles. The summed E-state index contributed by atoms with van der Waals surface area (Å²) in [6, 6.07) is 0.107. The van der Waals surface area contributed by atoms with E-state index < -0.39 is 23.6 Å². The molecular formula is C10H11BrFNO4. The van der Waals surface area contributed by atoms with Crippen molar-refractivity contribution < 1.29 is 24.1 Å². The molecule has 0 heterocycles. The molecule has 0 aromatic heterocycles. The molecule has 0 saturated heterocycles. The van der Waals surface area contributed by atoms with Gasteiger partial charge in [-0.05, 0) is 6.07 Å². The first-order valence-corrected chi connectivity index (χ1v) is 5.40. The molecule has 5 nitrogen and oxygen atoms in total. The van der Waals surface area contributed by atoms with E-state index in [1.165, 1.54) is 13.2 Å². The van der Waals surface area contributed by atoms with Crippen molar-refractivity contribution in [1.29, 1.82) is 0 Å². The SMILES string of the molecule is COc1cc(Br)c(CC(N)C(=O)O)c(F)c1O. The number of aliphatic carboxylic acids is 1. The van der Waals surface area contributed by atoms with Crippen molar-refractivity contribution in [2.75, 3.05) is 7.11 Å². The Kier molecular flexibility index (Phi) is 4.30. The Bertz CT molecular complexity index is 452. The molecule has 0 bridgehead atoms. The zero-order valence-corrected chi connectivity index (χ0v) is 10.5. The van der Waals surface area contributed by atoms with Crippen molar-refractivity contribution in [2.24, 2.45) is 5.73 Å². The van der Waals surface area contributed by atoms with Gasteiger partial charge in [-0.1, -0.05) is 15.9 Å². The van der Waals surface area contributed by atoms with Crippen LogP contribution in [0, 0.1) is 5.82 Å². The number of ether oxygens (including phenoxy) is 1. The maximum Gasteiger partial charge on any atom is 0.320 e. The first-order valence-electron chi connectivity index (χ1n) is 4.60. The van der Waals surface area contributed by atoms with Gasteiger partial charge in [-0.2, -0.15) is 0 Å². The fourth-order valence-corrected chi connectivity index (χ4v) is 1.82.